The minimum Gasteiger partial charge on any atom is -0.548 e. The van der Waals surface area contributed by atoms with Crippen molar-refractivity contribution in [2.75, 3.05) is 7.11 Å². The van der Waals surface area contributed by atoms with Gasteiger partial charge >= 0.3 is 5.63 Å². The summed E-state index contributed by atoms with van der Waals surface area (Å²) in [4.78, 5) is 36.2. The minimum atomic E-state index is -1.42. The Kier molecular flexibility index (Phi) is 6.59. The number of methoxy groups -OCH3 is 1. The van der Waals surface area contributed by atoms with E-state index in [1.54, 1.807) is 37.3 Å². The van der Waals surface area contributed by atoms with Gasteiger partial charge in [0.2, 0.25) is 5.91 Å². The molecule has 2 aromatic carbocycles. The van der Waals surface area contributed by atoms with Gasteiger partial charge in [0, 0.05) is 23.4 Å². The number of aliphatic carboxylic acids is 1. The summed E-state index contributed by atoms with van der Waals surface area (Å²) < 4.78 is 10.5. The van der Waals surface area contributed by atoms with Gasteiger partial charge in [-0.2, -0.15) is 0 Å². The topological polar surface area (TPSA) is 129 Å². The van der Waals surface area contributed by atoms with Crippen LogP contribution in [0.15, 0.2) is 51.7 Å². The van der Waals surface area contributed by atoms with Crippen LogP contribution < -0.4 is 20.8 Å². The van der Waals surface area contributed by atoms with Gasteiger partial charge in [0.25, 0.3) is 0 Å². The molecule has 1 amide bonds. The van der Waals surface area contributed by atoms with Crippen LogP contribution in [0.3, 0.4) is 0 Å². The number of aryl methyl sites for hydroxylation is 1. The van der Waals surface area contributed by atoms with E-state index in [1.165, 1.54) is 19.2 Å². The van der Waals surface area contributed by atoms with E-state index in [0.717, 1.165) is 5.39 Å². The predicted octanol–water partition coefficient (Wildman–Crippen LogP) is 1.23. The van der Waals surface area contributed by atoms with E-state index < -0.39 is 23.5 Å². The first-order valence-electron chi connectivity index (χ1n) is 9.67. The third kappa shape index (κ3) is 5.22. The average molecular weight is 424 g/mol. The number of carboxylic acids is 1. The molecule has 0 saturated heterocycles. The van der Waals surface area contributed by atoms with Crippen LogP contribution in [-0.2, 0) is 22.4 Å². The van der Waals surface area contributed by atoms with Gasteiger partial charge < -0.3 is 29.5 Å². The van der Waals surface area contributed by atoms with Gasteiger partial charge in [0.1, 0.15) is 17.1 Å². The Hall–Kier alpha value is -3.81. The summed E-state index contributed by atoms with van der Waals surface area (Å²) in [5.41, 5.74) is 1.51. The van der Waals surface area contributed by atoms with Crippen molar-refractivity contribution in [3.05, 3.63) is 69.6 Å². The molecule has 8 nitrogen and oxygen atoms in total. The van der Waals surface area contributed by atoms with Crippen molar-refractivity contribution in [3.63, 3.8) is 0 Å². The molecule has 0 saturated carbocycles. The number of carboxylic acid groups (broad SMARTS) is 1. The Bertz CT molecular complexity index is 1160. The van der Waals surface area contributed by atoms with Crippen LogP contribution in [0.1, 0.15) is 23.1 Å². The molecule has 8 heteroatoms. The maximum absolute atomic E-state index is 12.4. The van der Waals surface area contributed by atoms with Crippen molar-refractivity contribution in [2.45, 2.75) is 32.2 Å². The zero-order chi connectivity index (χ0) is 22.5. The highest BCUT2D eigenvalue weighted by atomic mass is 16.5. The Morgan fingerprint density at radius 2 is 1.90 bits per heavy atom. The second-order valence-electron chi connectivity index (χ2n) is 7.16. The fourth-order valence-electron chi connectivity index (χ4n) is 3.36. The first kappa shape index (κ1) is 21.9. The number of benzene rings is 2. The van der Waals surface area contributed by atoms with E-state index in [1.807, 2.05) is 0 Å². The number of fused-ring (bicyclic) bond motifs is 1. The number of carbonyl (C=O) groups excluding carboxylic acids is 2. The molecule has 0 aliphatic rings. The second kappa shape index (κ2) is 9.34. The maximum Gasteiger partial charge on any atom is 0.339 e. The van der Waals surface area contributed by atoms with E-state index in [-0.39, 0.29) is 25.0 Å². The van der Waals surface area contributed by atoms with Gasteiger partial charge in [-0.1, -0.05) is 12.1 Å². The van der Waals surface area contributed by atoms with Gasteiger partial charge in [-0.3, -0.25) is 4.79 Å². The van der Waals surface area contributed by atoms with Crippen LogP contribution >= 0.6 is 0 Å². The molecule has 3 rings (SSSR count). The number of carbonyl (C=O) groups is 2. The third-order valence-electron chi connectivity index (χ3n) is 5.09. The highest BCUT2D eigenvalue weighted by Crippen LogP contribution is 2.24. The molecular weight excluding hydrogens is 402 g/mol. The van der Waals surface area contributed by atoms with Crippen molar-refractivity contribution in [3.8, 4) is 11.5 Å². The van der Waals surface area contributed by atoms with E-state index >= 15 is 0 Å². The highest BCUT2D eigenvalue weighted by molar-refractivity contribution is 5.84. The van der Waals surface area contributed by atoms with E-state index in [9.17, 15) is 24.6 Å². The summed E-state index contributed by atoms with van der Waals surface area (Å²) in [5.74, 6) is -1.33. The molecule has 162 valence electrons. The maximum atomic E-state index is 12.4. The number of nitrogens with one attached hydrogen (secondary N) is 1. The summed E-state index contributed by atoms with van der Waals surface area (Å²) in [6.45, 7) is 1.77. The fourth-order valence-corrected chi connectivity index (χ4v) is 3.36. The smallest absolute Gasteiger partial charge is 0.339 e. The number of phenols is 1. The van der Waals surface area contributed by atoms with E-state index in [0.29, 0.717) is 28.0 Å². The largest absolute Gasteiger partial charge is 0.548 e. The average Bonchev–Trinajstić information content (AvgIpc) is 2.74. The molecule has 0 bridgehead atoms. The number of rotatable bonds is 8. The zero-order valence-electron chi connectivity index (χ0n) is 17.1. The summed E-state index contributed by atoms with van der Waals surface area (Å²) in [6, 6.07) is 9.90. The van der Waals surface area contributed by atoms with E-state index in [4.69, 9.17) is 9.15 Å². The number of phenolic OH excluding ortho intramolecular Hbond substituents is 1. The molecule has 1 heterocycles. The standard InChI is InChI=1S/C23H23NO7/c1-13-17-8-7-16(30-2)12-20(17)31-23(29)18(13)9-10-21(26)24-19(22(27)28)11-14-3-5-15(25)6-4-14/h3-8,12,19,25H,9-11H2,1-2H3,(H,24,26)(H,27,28)/p-1/t19-/m0/s1. The lowest BCUT2D eigenvalue weighted by atomic mass is 10.0. The SMILES string of the molecule is COc1ccc2c(C)c(CCC(=O)N[C@@H](Cc3ccc(O)cc3)C(=O)[O-])c(=O)oc2c1. The quantitative estimate of drug-likeness (QED) is 0.520. The van der Waals surface area contributed by atoms with Crippen LogP contribution in [0.4, 0.5) is 0 Å². The lowest BCUT2D eigenvalue weighted by molar-refractivity contribution is -0.308. The molecular formula is C23H22NO7-. The van der Waals surface area contributed by atoms with Crippen molar-refractivity contribution < 1.29 is 29.0 Å². The van der Waals surface area contributed by atoms with Gasteiger partial charge in [-0.15, -0.1) is 0 Å². The van der Waals surface area contributed by atoms with Gasteiger partial charge in [-0.25, -0.2) is 4.79 Å². The number of ether oxygens (including phenoxy) is 1. The number of hydrogen-bond donors (Lipinski definition) is 2. The van der Waals surface area contributed by atoms with Crippen molar-refractivity contribution >= 4 is 22.8 Å². The summed E-state index contributed by atoms with van der Waals surface area (Å²) >= 11 is 0. The summed E-state index contributed by atoms with van der Waals surface area (Å²) in [5, 5.41) is 23.9. The fraction of sp³-hybridized carbons (Fsp3) is 0.261. The molecule has 0 unspecified atom stereocenters. The van der Waals surface area contributed by atoms with Crippen molar-refractivity contribution in [2.24, 2.45) is 0 Å². The van der Waals surface area contributed by atoms with Crippen molar-refractivity contribution in [1.82, 2.24) is 5.32 Å². The minimum absolute atomic E-state index is 0.00727. The Labute approximate surface area is 178 Å². The van der Waals surface area contributed by atoms with Crippen LogP contribution in [-0.4, -0.2) is 30.1 Å². The summed E-state index contributed by atoms with van der Waals surface area (Å²) in [6.07, 6.45) is 0.0148. The van der Waals surface area contributed by atoms with Crippen molar-refractivity contribution in [1.29, 1.82) is 0 Å². The zero-order valence-corrected chi connectivity index (χ0v) is 17.1. The van der Waals surface area contributed by atoms with E-state index in [2.05, 4.69) is 5.32 Å². The molecule has 0 aliphatic heterocycles. The lowest BCUT2D eigenvalue weighted by Crippen LogP contribution is -2.49. The van der Waals surface area contributed by atoms with Gasteiger partial charge in [0.15, 0.2) is 0 Å². The molecule has 2 N–H and O–H groups in total. The molecule has 0 fully saturated rings. The summed E-state index contributed by atoms with van der Waals surface area (Å²) in [7, 11) is 1.51. The first-order chi connectivity index (χ1) is 14.8. The monoisotopic (exact) mass is 424 g/mol. The van der Waals surface area contributed by atoms with Crippen LogP contribution in [0.25, 0.3) is 11.0 Å². The normalized spacial score (nSPS) is 11.8. The molecule has 0 aliphatic carbocycles. The third-order valence-corrected chi connectivity index (χ3v) is 5.09. The molecule has 0 spiro atoms. The number of hydrogen-bond acceptors (Lipinski definition) is 7. The Morgan fingerprint density at radius 3 is 2.55 bits per heavy atom. The van der Waals surface area contributed by atoms with Crippen LogP contribution in [0.5, 0.6) is 11.5 Å². The Morgan fingerprint density at radius 1 is 1.19 bits per heavy atom. The number of aromatic hydroxyl groups is 1. The molecule has 3 aromatic rings. The Balaban J connectivity index is 1.70. The predicted molar refractivity (Wildman–Crippen MR) is 111 cm³/mol. The second-order valence-corrected chi connectivity index (χ2v) is 7.16. The van der Waals surface area contributed by atoms with Gasteiger partial charge in [-0.05, 0) is 55.2 Å². The number of amides is 1. The lowest BCUT2D eigenvalue weighted by Gasteiger charge is -2.20. The van der Waals surface area contributed by atoms with Gasteiger partial charge in [0.05, 0.1) is 19.1 Å². The van der Waals surface area contributed by atoms with Crippen LogP contribution in [0, 0.1) is 6.92 Å². The molecule has 0 radical (unpaired) electrons. The molecule has 31 heavy (non-hydrogen) atoms. The van der Waals surface area contributed by atoms with Crippen LogP contribution in [0.2, 0.25) is 0 Å². The highest BCUT2D eigenvalue weighted by Gasteiger charge is 2.17. The molecule has 1 aromatic heterocycles. The first-order valence-corrected chi connectivity index (χ1v) is 9.67. The molecule has 1 atom stereocenters.